The molecule has 17 heavy (non-hydrogen) atoms. The summed E-state index contributed by atoms with van der Waals surface area (Å²) >= 11 is 0. The van der Waals surface area contributed by atoms with Gasteiger partial charge in [-0.3, -0.25) is 0 Å². The van der Waals surface area contributed by atoms with Gasteiger partial charge in [-0.15, -0.1) is 0 Å². The van der Waals surface area contributed by atoms with Gasteiger partial charge in [0.1, 0.15) is 6.10 Å². The Morgan fingerprint density at radius 3 is 2.65 bits per heavy atom. The molecule has 0 saturated heterocycles. The molecule has 1 N–H and O–H groups in total. The highest BCUT2D eigenvalue weighted by Crippen LogP contribution is 2.40. The van der Waals surface area contributed by atoms with E-state index >= 15 is 0 Å². The standard InChI is InChI=1S/C15H18O2/c16-13-10-15(11-6-2-1-3-7-11)17-14-9-5-4-8-12(13)14/h1-3,6-7,13,15-16H,4-5,8-10H2/t13-,15-/m1/s1. The number of ether oxygens (including phenoxy) is 1. The molecule has 1 aliphatic heterocycles. The second kappa shape index (κ2) is 4.53. The first-order valence-electron chi connectivity index (χ1n) is 6.46. The summed E-state index contributed by atoms with van der Waals surface area (Å²) in [7, 11) is 0. The maximum Gasteiger partial charge on any atom is 0.126 e. The molecule has 0 aromatic heterocycles. The third-order valence-electron chi connectivity index (χ3n) is 3.75. The molecule has 90 valence electrons. The van der Waals surface area contributed by atoms with Gasteiger partial charge in [-0.05, 0) is 30.4 Å². The van der Waals surface area contributed by atoms with Crippen molar-refractivity contribution in [3.8, 4) is 0 Å². The second-order valence-corrected chi connectivity index (χ2v) is 4.92. The van der Waals surface area contributed by atoms with Gasteiger partial charge >= 0.3 is 0 Å². The van der Waals surface area contributed by atoms with Crippen molar-refractivity contribution in [2.75, 3.05) is 0 Å². The lowest BCUT2D eigenvalue weighted by molar-refractivity contribution is 0.0235. The van der Waals surface area contributed by atoms with E-state index in [1.165, 1.54) is 18.4 Å². The van der Waals surface area contributed by atoms with Crippen molar-refractivity contribution in [2.24, 2.45) is 0 Å². The molecule has 2 aliphatic rings. The molecule has 0 radical (unpaired) electrons. The maximum atomic E-state index is 10.2. The fourth-order valence-corrected chi connectivity index (χ4v) is 2.82. The largest absolute Gasteiger partial charge is 0.490 e. The quantitative estimate of drug-likeness (QED) is 0.801. The van der Waals surface area contributed by atoms with E-state index in [1.807, 2.05) is 18.2 Å². The fraction of sp³-hybridized carbons (Fsp3) is 0.467. The van der Waals surface area contributed by atoms with E-state index in [2.05, 4.69) is 12.1 Å². The SMILES string of the molecule is O[C@@H]1C[C@H](c2ccccc2)OC2=C1CCCC2. The van der Waals surface area contributed by atoms with Crippen LogP contribution in [-0.4, -0.2) is 11.2 Å². The highest BCUT2D eigenvalue weighted by molar-refractivity contribution is 5.25. The van der Waals surface area contributed by atoms with Crippen molar-refractivity contribution < 1.29 is 9.84 Å². The van der Waals surface area contributed by atoms with Gasteiger partial charge in [0.15, 0.2) is 0 Å². The summed E-state index contributed by atoms with van der Waals surface area (Å²) < 4.78 is 6.07. The predicted molar refractivity (Wildman–Crippen MR) is 66.4 cm³/mol. The fourth-order valence-electron chi connectivity index (χ4n) is 2.82. The third kappa shape index (κ3) is 2.09. The topological polar surface area (TPSA) is 29.5 Å². The summed E-state index contributed by atoms with van der Waals surface area (Å²) in [6.45, 7) is 0. The van der Waals surface area contributed by atoms with Crippen LogP contribution in [0.5, 0.6) is 0 Å². The molecule has 2 atom stereocenters. The summed E-state index contributed by atoms with van der Waals surface area (Å²) in [6, 6.07) is 10.2. The summed E-state index contributed by atoms with van der Waals surface area (Å²) in [5, 5.41) is 10.2. The Balaban J connectivity index is 1.86. The van der Waals surface area contributed by atoms with Crippen LogP contribution in [0.3, 0.4) is 0 Å². The summed E-state index contributed by atoms with van der Waals surface area (Å²) in [4.78, 5) is 0. The number of allylic oxidation sites excluding steroid dienone is 1. The minimum Gasteiger partial charge on any atom is -0.490 e. The minimum atomic E-state index is -0.302. The molecule has 0 bridgehead atoms. The van der Waals surface area contributed by atoms with Crippen LogP contribution in [0, 0.1) is 0 Å². The average molecular weight is 230 g/mol. The molecule has 0 saturated carbocycles. The summed E-state index contributed by atoms with van der Waals surface area (Å²) in [6.07, 6.45) is 4.81. The van der Waals surface area contributed by atoms with Crippen LogP contribution in [0.2, 0.25) is 0 Å². The second-order valence-electron chi connectivity index (χ2n) is 4.92. The van der Waals surface area contributed by atoms with Crippen LogP contribution < -0.4 is 0 Å². The van der Waals surface area contributed by atoms with E-state index in [0.717, 1.165) is 24.2 Å². The van der Waals surface area contributed by atoms with Crippen molar-refractivity contribution in [2.45, 2.75) is 44.3 Å². The molecule has 0 amide bonds. The van der Waals surface area contributed by atoms with Gasteiger partial charge in [0, 0.05) is 12.8 Å². The van der Waals surface area contributed by atoms with E-state index in [9.17, 15) is 5.11 Å². The van der Waals surface area contributed by atoms with Gasteiger partial charge in [-0.1, -0.05) is 30.3 Å². The van der Waals surface area contributed by atoms with Crippen LogP contribution in [0.4, 0.5) is 0 Å². The minimum absolute atomic E-state index is 0.0306. The average Bonchev–Trinajstić information content (AvgIpc) is 2.40. The molecule has 0 unspecified atom stereocenters. The molecule has 1 aromatic carbocycles. The monoisotopic (exact) mass is 230 g/mol. The first-order chi connectivity index (χ1) is 8.34. The number of aliphatic hydroxyl groups is 1. The zero-order valence-electron chi connectivity index (χ0n) is 9.93. The van der Waals surface area contributed by atoms with Crippen LogP contribution in [0.1, 0.15) is 43.8 Å². The normalized spacial score (nSPS) is 28.5. The van der Waals surface area contributed by atoms with Crippen LogP contribution in [-0.2, 0) is 4.74 Å². The van der Waals surface area contributed by atoms with Crippen molar-refractivity contribution >= 4 is 0 Å². The van der Waals surface area contributed by atoms with Gasteiger partial charge in [0.2, 0.25) is 0 Å². The van der Waals surface area contributed by atoms with Crippen LogP contribution >= 0.6 is 0 Å². The van der Waals surface area contributed by atoms with E-state index in [-0.39, 0.29) is 12.2 Å². The molecule has 2 heteroatoms. The number of rotatable bonds is 1. The molecule has 0 spiro atoms. The molecule has 2 nitrogen and oxygen atoms in total. The van der Waals surface area contributed by atoms with Gasteiger partial charge in [0.25, 0.3) is 0 Å². The summed E-state index contributed by atoms with van der Waals surface area (Å²) in [5.74, 6) is 1.06. The van der Waals surface area contributed by atoms with E-state index in [0.29, 0.717) is 6.42 Å². The van der Waals surface area contributed by atoms with Crippen molar-refractivity contribution in [1.82, 2.24) is 0 Å². The molecular weight excluding hydrogens is 212 g/mol. The number of hydrogen-bond acceptors (Lipinski definition) is 2. The molecular formula is C15H18O2. The number of benzene rings is 1. The van der Waals surface area contributed by atoms with E-state index < -0.39 is 0 Å². The van der Waals surface area contributed by atoms with E-state index in [4.69, 9.17) is 4.74 Å². The maximum absolute atomic E-state index is 10.2. The number of hydrogen-bond donors (Lipinski definition) is 1. The Hall–Kier alpha value is -1.28. The molecule has 3 rings (SSSR count). The Labute approximate surface area is 102 Å². The van der Waals surface area contributed by atoms with Crippen LogP contribution in [0.25, 0.3) is 0 Å². The first-order valence-corrected chi connectivity index (χ1v) is 6.46. The van der Waals surface area contributed by atoms with Crippen LogP contribution in [0.15, 0.2) is 41.7 Å². The Kier molecular flexibility index (Phi) is 2.89. The Bertz CT molecular complexity index is 422. The lowest BCUT2D eigenvalue weighted by atomic mass is 9.87. The third-order valence-corrected chi connectivity index (χ3v) is 3.75. The zero-order chi connectivity index (χ0) is 11.7. The van der Waals surface area contributed by atoms with Gasteiger partial charge in [0.05, 0.1) is 11.9 Å². The Morgan fingerprint density at radius 2 is 1.82 bits per heavy atom. The molecule has 1 aliphatic carbocycles. The van der Waals surface area contributed by atoms with Crippen molar-refractivity contribution in [1.29, 1.82) is 0 Å². The molecule has 1 aromatic rings. The lowest BCUT2D eigenvalue weighted by Crippen LogP contribution is -2.26. The lowest BCUT2D eigenvalue weighted by Gasteiger charge is -2.34. The predicted octanol–water partition coefficient (Wildman–Crippen LogP) is 3.34. The summed E-state index contributed by atoms with van der Waals surface area (Å²) in [5.41, 5.74) is 2.33. The first kappa shape index (κ1) is 10.8. The van der Waals surface area contributed by atoms with E-state index in [1.54, 1.807) is 0 Å². The zero-order valence-corrected chi connectivity index (χ0v) is 9.93. The smallest absolute Gasteiger partial charge is 0.126 e. The molecule has 1 heterocycles. The highest BCUT2D eigenvalue weighted by atomic mass is 16.5. The number of aliphatic hydroxyl groups excluding tert-OH is 1. The van der Waals surface area contributed by atoms with Gasteiger partial charge in [-0.25, -0.2) is 0 Å². The van der Waals surface area contributed by atoms with Crippen molar-refractivity contribution in [3.05, 3.63) is 47.2 Å². The van der Waals surface area contributed by atoms with Gasteiger partial charge < -0.3 is 9.84 Å². The van der Waals surface area contributed by atoms with Crippen molar-refractivity contribution in [3.63, 3.8) is 0 Å². The highest BCUT2D eigenvalue weighted by Gasteiger charge is 2.31. The molecule has 0 fully saturated rings. The van der Waals surface area contributed by atoms with Gasteiger partial charge in [-0.2, -0.15) is 0 Å². The Morgan fingerprint density at radius 1 is 1.06 bits per heavy atom.